The molecule has 62 valence electrons. The van der Waals surface area contributed by atoms with E-state index in [1.165, 1.54) is 0 Å². The minimum atomic E-state index is 0.0364. The van der Waals surface area contributed by atoms with E-state index in [0.717, 1.165) is 0 Å². The van der Waals surface area contributed by atoms with Crippen LogP contribution in [0.25, 0.3) is 0 Å². The average molecular weight is 155 g/mol. The lowest BCUT2D eigenvalue weighted by atomic mass is 10.4. The van der Waals surface area contributed by atoms with E-state index < -0.39 is 0 Å². The Morgan fingerprint density at radius 2 is 2.45 bits per heavy atom. The van der Waals surface area contributed by atoms with Gasteiger partial charge in [0.05, 0.1) is 6.61 Å². The Labute approximate surface area is 67.1 Å². The number of nitrogens with one attached hydrogen (secondary N) is 1. The molecule has 0 heterocycles. The van der Waals surface area contributed by atoms with E-state index in [4.69, 9.17) is 11.2 Å². The number of carbonyl (C=O) groups excluding carboxylic acids is 1. The van der Waals surface area contributed by atoms with Crippen LogP contribution in [0.2, 0.25) is 0 Å². The number of hydrogen-bond acceptors (Lipinski definition) is 2. The van der Waals surface area contributed by atoms with Crippen LogP contribution < -0.4 is 5.32 Å². The second-order valence-corrected chi connectivity index (χ2v) is 1.96. The van der Waals surface area contributed by atoms with Crippen LogP contribution in [0.5, 0.6) is 0 Å². The smallest absolute Gasteiger partial charge is 0.219 e. The van der Waals surface area contributed by atoms with Gasteiger partial charge in [0.15, 0.2) is 0 Å². The van der Waals surface area contributed by atoms with Gasteiger partial charge in [0.1, 0.15) is 6.61 Å². The molecule has 3 heteroatoms. The Hall–Kier alpha value is -1.01. The second-order valence-electron chi connectivity index (χ2n) is 1.96. The van der Waals surface area contributed by atoms with Crippen LogP contribution in [0.1, 0.15) is 13.3 Å². The highest BCUT2D eigenvalue weighted by molar-refractivity contribution is 5.75. The van der Waals surface area contributed by atoms with Gasteiger partial charge in [0, 0.05) is 13.0 Å². The SMILES string of the molecule is C#CCOCCNC(=O)CC. The summed E-state index contributed by atoms with van der Waals surface area (Å²) in [5.74, 6) is 2.37. The number of rotatable bonds is 5. The van der Waals surface area contributed by atoms with Crippen molar-refractivity contribution in [1.29, 1.82) is 0 Å². The van der Waals surface area contributed by atoms with Crippen molar-refractivity contribution in [3.63, 3.8) is 0 Å². The predicted molar refractivity (Wildman–Crippen MR) is 43.0 cm³/mol. The predicted octanol–water partition coefficient (Wildman–Crippen LogP) is 0.162. The molecule has 0 spiro atoms. The van der Waals surface area contributed by atoms with Gasteiger partial charge in [-0.3, -0.25) is 4.79 Å². The highest BCUT2D eigenvalue weighted by Crippen LogP contribution is 1.75. The summed E-state index contributed by atoms with van der Waals surface area (Å²) in [5.41, 5.74) is 0. The maximum Gasteiger partial charge on any atom is 0.219 e. The second kappa shape index (κ2) is 7.10. The van der Waals surface area contributed by atoms with Crippen LogP contribution in [0, 0.1) is 12.3 Å². The molecule has 1 N–H and O–H groups in total. The van der Waals surface area contributed by atoms with Crippen LogP contribution in [-0.2, 0) is 9.53 Å². The first kappa shape index (κ1) is 9.99. The standard InChI is InChI=1S/C8H13NO2/c1-3-6-11-7-5-9-8(10)4-2/h1H,4-7H2,2H3,(H,9,10). The number of amides is 1. The van der Waals surface area contributed by atoms with Crippen LogP contribution in [0.4, 0.5) is 0 Å². The number of carbonyl (C=O) groups is 1. The van der Waals surface area contributed by atoms with E-state index in [1.54, 1.807) is 6.92 Å². The number of terminal acetylenes is 1. The fourth-order valence-electron chi connectivity index (χ4n) is 0.519. The molecule has 0 bridgehead atoms. The summed E-state index contributed by atoms with van der Waals surface area (Å²) < 4.78 is 4.93. The van der Waals surface area contributed by atoms with Crippen molar-refractivity contribution < 1.29 is 9.53 Å². The first-order valence-electron chi connectivity index (χ1n) is 3.59. The fourth-order valence-corrected chi connectivity index (χ4v) is 0.519. The molecule has 0 aromatic carbocycles. The molecule has 0 aromatic heterocycles. The van der Waals surface area contributed by atoms with E-state index in [2.05, 4.69) is 11.2 Å². The molecular formula is C8H13NO2. The van der Waals surface area contributed by atoms with Crippen molar-refractivity contribution in [2.75, 3.05) is 19.8 Å². The van der Waals surface area contributed by atoms with Gasteiger partial charge in [-0.2, -0.15) is 0 Å². The van der Waals surface area contributed by atoms with Crippen LogP contribution in [0.15, 0.2) is 0 Å². The maximum atomic E-state index is 10.6. The molecule has 0 radical (unpaired) electrons. The third-order valence-corrected chi connectivity index (χ3v) is 1.08. The molecule has 0 aliphatic rings. The van der Waals surface area contributed by atoms with Crippen LogP contribution in [-0.4, -0.2) is 25.7 Å². The number of hydrogen-bond donors (Lipinski definition) is 1. The summed E-state index contributed by atoms with van der Waals surface area (Å²) >= 11 is 0. The van der Waals surface area contributed by atoms with Gasteiger partial charge < -0.3 is 10.1 Å². The Morgan fingerprint density at radius 1 is 1.73 bits per heavy atom. The van der Waals surface area contributed by atoms with Crippen LogP contribution in [0.3, 0.4) is 0 Å². The molecular weight excluding hydrogens is 142 g/mol. The van der Waals surface area contributed by atoms with E-state index >= 15 is 0 Å². The topological polar surface area (TPSA) is 38.3 Å². The van der Waals surface area contributed by atoms with Crippen molar-refractivity contribution in [3.05, 3.63) is 0 Å². The molecule has 0 aliphatic heterocycles. The lowest BCUT2D eigenvalue weighted by Gasteiger charge is -2.01. The third-order valence-electron chi connectivity index (χ3n) is 1.08. The zero-order valence-electron chi connectivity index (χ0n) is 6.72. The third kappa shape index (κ3) is 6.88. The lowest BCUT2D eigenvalue weighted by molar-refractivity contribution is -0.120. The van der Waals surface area contributed by atoms with Crippen molar-refractivity contribution in [2.24, 2.45) is 0 Å². The molecule has 0 unspecified atom stereocenters. The molecule has 0 atom stereocenters. The lowest BCUT2D eigenvalue weighted by Crippen LogP contribution is -2.26. The zero-order chi connectivity index (χ0) is 8.53. The summed E-state index contributed by atoms with van der Waals surface area (Å²) in [7, 11) is 0. The molecule has 0 rings (SSSR count). The van der Waals surface area contributed by atoms with E-state index in [0.29, 0.717) is 26.2 Å². The Morgan fingerprint density at radius 3 is 3.00 bits per heavy atom. The van der Waals surface area contributed by atoms with Gasteiger partial charge in [0.25, 0.3) is 0 Å². The van der Waals surface area contributed by atoms with Gasteiger partial charge in [-0.05, 0) is 0 Å². The van der Waals surface area contributed by atoms with Gasteiger partial charge in [-0.25, -0.2) is 0 Å². The Balaban J connectivity index is 3.03. The summed E-state index contributed by atoms with van der Waals surface area (Å²) in [4.78, 5) is 10.6. The molecule has 0 fully saturated rings. The van der Waals surface area contributed by atoms with Gasteiger partial charge >= 0.3 is 0 Å². The molecule has 0 aliphatic carbocycles. The van der Waals surface area contributed by atoms with Crippen molar-refractivity contribution in [1.82, 2.24) is 5.32 Å². The minimum absolute atomic E-state index is 0.0364. The monoisotopic (exact) mass is 155 g/mol. The molecule has 3 nitrogen and oxygen atoms in total. The summed E-state index contributed by atoms with van der Waals surface area (Å²) in [6.45, 7) is 3.13. The molecule has 0 aromatic rings. The van der Waals surface area contributed by atoms with Crippen molar-refractivity contribution >= 4 is 5.91 Å². The fraction of sp³-hybridized carbons (Fsp3) is 0.625. The van der Waals surface area contributed by atoms with Crippen molar-refractivity contribution in [2.45, 2.75) is 13.3 Å². The van der Waals surface area contributed by atoms with Crippen molar-refractivity contribution in [3.8, 4) is 12.3 Å². The number of ether oxygens (including phenoxy) is 1. The maximum absolute atomic E-state index is 10.6. The highest BCUT2D eigenvalue weighted by atomic mass is 16.5. The minimum Gasteiger partial charge on any atom is -0.367 e. The first-order chi connectivity index (χ1) is 5.31. The largest absolute Gasteiger partial charge is 0.367 e. The van der Waals surface area contributed by atoms with E-state index in [9.17, 15) is 4.79 Å². The molecule has 1 amide bonds. The highest BCUT2D eigenvalue weighted by Gasteiger charge is 1.93. The zero-order valence-corrected chi connectivity index (χ0v) is 6.72. The van der Waals surface area contributed by atoms with Gasteiger partial charge in [-0.15, -0.1) is 6.42 Å². The van der Waals surface area contributed by atoms with Gasteiger partial charge in [-0.1, -0.05) is 12.8 Å². The van der Waals surface area contributed by atoms with Gasteiger partial charge in [0.2, 0.25) is 5.91 Å². The normalized spacial score (nSPS) is 8.73. The summed E-state index contributed by atoms with van der Waals surface area (Å²) in [6.07, 6.45) is 5.44. The molecule has 0 saturated carbocycles. The molecule has 11 heavy (non-hydrogen) atoms. The molecule has 0 saturated heterocycles. The quantitative estimate of drug-likeness (QED) is 0.454. The van der Waals surface area contributed by atoms with E-state index in [1.807, 2.05) is 0 Å². The Kier molecular flexibility index (Phi) is 6.45. The van der Waals surface area contributed by atoms with E-state index in [-0.39, 0.29) is 5.91 Å². The summed E-state index contributed by atoms with van der Waals surface area (Å²) in [5, 5.41) is 2.66. The Bertz CT molecular complexity index is 149. The van der Waals surface area contributed by atoms with Crippen LogP contribution >= 0.6 is 0 Å². The first-order valence-corrected chi connectivity index (χ1v) is 3.59. The average Bonchev–Trinajstić information content (AvgIpc) is 2.04. The summed E-state index contributed by atoms with van der Waals surface area (Å²) in [6, 6.07) is 0.